The van der Waals surface area contributed by atoms with Crippen LogP contribution in [0.1, 0.15) is 31.9 Å². The highest BCUT2D eigenvalue weighted by molar-refractivity contribution is 5.91. The van der Waals surface area contributed by atoms with Crippen LogP contribution in [0.3, 0.4) is 0 Å². The lowest BCUT2D eigenvalue weighted by Crippen LogP contribution is -2.10. The number of rotatable bonds is 5. The van der Waals surface area contributed by atoms with Gasteiger partial charge in [0.15, 0.2) is 0 Å². The topological polar surface area (TPSA) is 38.3 Å². The Balaban J connectivity index is 2.19. The number of hydrogen-bond donors (Lipinski definition) is 1. The van der Waals surface area contributed by atoms with Gasteiger partial charge in [0.1, 0.15) is 6.10 Å². The fraction of sp³-hybridized carbons (Fsp3) is 0.227. The molecule has 0 aliphatic rings. The molecule has 0 saturated carbocycles. The maximum atomic E-state index is 11.5. The summed E-state index contributed by atoms with van der Waals surface area (Å²) < 4.78 is 5.57. The molecule has 0 radical (unpaired) electrons. The third-order valence-corrected chi connectivity index (χ3v) is 4.43. The molecule has 0 bridgehead atoms. The quantitative estimate of drug-likeness (QED) is 0.621. The third-order valence-electron chi connectivity index (χ3n) is 4.43. The van der Waals surface area contributed by atoms with Crippen molar-refractivity contribution in [3.8, 4) is 11.1 Å². The van der Waals surface area contributed by atoms with Gasteiger partial charge in [-0.3, -0.25) is 4.79 Å². The molecule has 3 aromatic rings. The first-order valence-electron chi connectivity index (χ1n) is 8.61. The average molecular weight is 333 g/mol. The number of hydrogen-bond acceptors (Lipinski definition) is 3. The van der Waals surface area contributed by atoms with Crippen molar-refractivity contribution in [3.63, 3.8) is 0 Å². The molecule has 0 aliphatic carbocycles. The number of anilines is 1. The molecule has 0 saturated heterocycles. The largest absolute Gasteiger partial charge is 0.458 e. The second-order valence-corrected chi connectivity index (χ2v) is 6.09. The van der Waals surface area contributed by atoms with Crippen molar-refractivity contribution in [2.24, 2.45) is 0 Å². The van der Waals surface area contributed by atoms with E-state index in [4.69, 9.17) is 4.74 Å². The molecule has 0 aromatic heterocycles. The molecule has 0 fully saturated rings. The molecule has 0 heterocycles. The Bertz CT molecular complexity index is 901. The van der Waals surface area contributed by atoms with Crippen molar-refractivity contribution < 1.29 is 9.53 Å². The number of fused-ring (bicyclic) bond motifs is 1. The van der Waals surface area contributed by atoms with Gasteiger partial charge >= 0.3 is 5.97 Å². The van der Waals surface area contributed by atoms with Crippen molar-refractivity contribution in [1.82, 2.24) is 0 Å². The summed E-state index contributed by atoms with van der Waals surface area (Å²) >= 11 is 0. The van der Waals surface area contributed by atoms with Gasteiger partial charge in [-0.1, -0.05) is 55.5 Å². The van der Waals surface area contributed by atoms with E-state index in [0.717, 1.165) is 28.8 Å². The van der Waals surface area contributed by atoms with E-state index in [1.807, 2.05) is 38.2 Å². The predicted octanol–water partition coefficient (Wildman–Crippen LogP) is 5.56. The Morgan fingerprint density at radius 2 is 1.80 bits per heavy atom. The van der Waals surface area contributed by atoms with Crippen LogP contribution in [-0.4, -0.2) is 13.0 Å². The predicted molar refractivity (Wildman–Crippen MR) is 104 cm³/mol. The molecule has 3 nitrogen and oxygen atoms in total. The Morgan fingerprint density at radius 1 is 1.04 bits per heavy atom. The van der Waals surface area contributed by atoms with Gasteiger partial charge in [-0.15, -0.1) is 0 Å². The molecule has 128 valence electrons. The Kier molecular flexibility index (Phi) is 5.03. The van der Waals surface area contributed by atoms with E-state index in [9.17, 15) is 4.79 Å². The summed E-state index contributed by atoms with van der Waals surface area (Å²) in [5, 5.41) is 5.68. The first kappa shape index (κ1) is 17.0. The number of esters is 1. The summed E-state index contributed by atoms with van der Waals surface area (Å²) in [6, 6.07) is 20.9. The van der Waals surface area contributed by atoms with Crippen molar-refractivity contribution in [1.29, 1.82) is 0 Å². The monoisotopic (exact) mass is 333 g/mol. The highest BCUT2D eigenvalue weighted by Crippen LogP contribution is 2.38. The minimum atomic E-state index is -0.258. The normalized spacial score (nSPS) is 12.0. The van der Waals surface area contributed by atoms with Crippen LogP contribution in [0.15, 0.2) is 60.7 Å². The molecule has 1 atom stereocenters. The zero-order valence-electron chi connectivity index (χ0n) is 14.9. The van der Waals surface area contributed by atoms with E-state index >= 15 is 0 Å². The van der Waals surface area contributed by atoms with Gasteiger partial charge in [0.25, 0.3) is 0 Å². The van der Waals surface area contributed by atoms with Crippen LogP contribution in [0.25, 0.3) is 21.9 Å². The maximum Gasteiger partial charge on any atom is 0.303 e. The van der Waals surface area contributed by atoms with Crippen LogP contribution in [0.5, 0.6) is 0 Å². The maximum absolute atomic E-state index is 11.5. The van der Waals surface area contributed by atoms with E-state index < -0.39 is 0 Å². The molecule has 25 heavy (non-hydrogen) atoms. The minimum Gasteiger partial charge on any atom is -0.458 e. The van der Waals surface area contributed by atoms with Crippen LogP contribution >= 0.6 is 0 Å². The average Bonchev–Trinajstić information content (AvgIpc) is 2.64. The van der Waals surface area contributed by atoms with Crippen molar-refractivity contribution >= 4 is 22.4 Å². The smallest absolute Gasteiger partial charge is 0.303 e. The lowest BCUT2D eigenvalue weighted by atomic mass is 9.92. The highest BCUT2D eigenvalue weighted by Gasteiger charge is 2.20. The summed E-state index contributed by atoms with van der Waals surface area (Å²) in [7, 11) is 1.91. The second-order valence-electron chi connectivity index (χ2n) is 6.09. The first-order valence-corrected chi connectivity index (χ1v) is 8.61. The van der Waals surface area contributed by atoms with Gasteiger partial charge in [-0.05, 0) is 34.9 Å². The Hall–Kier alpha value is -2.81. The third kappa shape index (κ3) is 3.50. The molecule has 3 rings (SSSR count). The van der Waals surface area contributed by atoms with Crippen LogP contribution in [0, 0.1) is 0 Å². The fourth-order valence-electron chi connectivity index (χ4n) is 3.28. The minimum absolute atomic E-state index is 0.257. The number of carbonyl (C=O) groups excluding carboxylic acids is 1. The molecule has 1 unspecified atom stereocenters. The van der Waals surface area contributed by atoms with E-state index in [0.29, 0.717) is 0 Å². The van der Waals surface area contributed by atoms with E-state index in [1.54, 1.807) is 0 Å². The van der Waals surface area contributed by atoms with Gasteiger partial charge in [0, 0.05) is 30.8 Å². The molecule has 0 aliphatic heterocycles. The van der Waals surface area contributed by atoms with Crippen molar-refractivity contribution in [2.45, 2.75) is 26.4 Å². The molecule has 1 N–H and O–H groups in total. The molecular weight excluding hydrogens is 310 g/mol. The Labute approximate surface area is 148 Å². The van der Waals surface area contributed by atoms with Crippen molar-refractivity contribution in [2.75, 3.05) is 12.4 Å². The van der Waals surface area contributed by atoms with Gasteiger partial charge in [-0.2, -0.15) is 0 Å². The van der Waals surface area contributed by atoms with Crippen LogP contribution in [0.2, 0.25) is 0 Å². The SMILES string of the molecule is CCC(OC(C)=O)c1cccc(NC)c1-c1ccc2ccccc2c1. The van der Waals surface area contributed by atoms with Gasteiger partial charge in [0.2, 0.25) is 0 Å². The second kappa shape index (κ2) is 7.39. The van der Waals surface area contributed by atoms with Crippen LogP contribution < -0.4 is 5.32 Å². The zero-order chi connectivity index (χ0) is 17.8. The number of ether oxygens (including phenoxy) is 1. The standard InChI is InChI=1S/C22H23NO2/c1-4-21(25-15(2)24)19-10-7-11-20(23-3)22(19)18-13-12-16-8-5-6-9-17(16)14-18/h5-14,21,23H,4H2,1-3H3. The zero-order valence-corrected chi connectivity index (χ0v) is 14.9. The van der Waals surface area contributed by atoms with Gasteiger partial charge in [0.05, 0.1) is 0 Å². The molecule has 3 aromatic carbocycles. The summed E-state index contributed by atoms with van der Waals surface area (Å²) in [4.78, 5) is 11.5. The molecule has 0 spiro atoms. The molecule has 3 heteroatoms. The number of benzene rings is 3. The summed E-state index contributed by atoms with van der Waals surface area (Å²) in [5.41, 5.74) is 4.26. The highest BCUT2D eigenvalue weighted by atomic mass is 16.5. The lowest BCUT2D eigenvalue weighted by molar-refractivity contribution is -0.146. The summed E-state index contributed by atoms with van der Waals surface area (Å²) in [6.07, 6.45) is 0.472. The number of carbonyl (C=O) groups is 1. The first-order chi connectivity index (χ1) is 12.1. The van der Waals surface area contributed by atoms with Crippen LogP contribution in [0.4, 0.5) is 5.69 Å². The summed E-state index contributed by atoms with van der Waals surface area (Å²) in [5.74, 6) is -0.258. The Morgan fingerprint density at radius 3 is 2.48 bits per heavy atom. The lowest BCUT2D eigenvalue weighted by Gasteiger charge is -2.22. The summed E-state index contributed by atoms with van der Waals surface area (Å²) in [6.45, 7) is 3.49. The van der Waals surface area contributed by atoms with Crippen molar-refractivity contribution in [3.05, 3.63) is 66.2 Å². The van der Waals surface area contributed by atoms with E-state index in [-0.39, 0.29) is 12.1 Å². The number of nitrogens with one attached hydrogen (secondary N) is 1. The van der Waals surface area contributed by atoms with E-state index in [1.165, 1.54) is 17.7 Å². The molecule has 0 amide bonds. The van der Waals surface area contributed by atoms with E-state index in [2.05, 4.69) is 41.7 Å². The van der Waals surface area contributed by atoms with Crippen LogP contribution in [-0.2, 0) is 9.53 Å². The van der Waals surface area contributed by atoms with Gasteiger partial charge < -0.3 is 10.1 Å². The fourth-order valence-corrected chi connectivity index (χ4v) is 3.28. The molecular formula is C22H23NO2. The van der Waals surface area contributed by atoms with Gasteiger partial charge in [-0.25, -0.2) is 0 Å².